The minimum atomic E-state index is -1.08. The lowest BCUT2D eigenvalue weighted by Gasteiger charge is -2.48. The van der Waals surface area contributed by atoms with Crippen molar-refractivity contribution in [2.24, 2.45) is 5.92 Å². The summed E-state index contributed by atoms with van der Waals surface area (Å²) in [6.45, 7) is 5.91. The summed E-state index contributed by atoms with van der Waals surface area (Å²) in [5.74, 6) is -0.535. The number of carbonyl (C=O) groups excluding carboxylic acids is 1. The molecule has 7 nitrogen and oxygen atoms in total. The predicted molar refractivity (Wildman–Crippen MR) is 134 cm³/mol. The van der Waals surface area contributed by atoms with Crippen LogP contribution in [0, 0.1) is 5.92 Å². The van der Waals surface area contributed by atoms with E-state index in [0.717, 1.165) is 35.1 Å². The molecule has 4 unspecified atom stereocenters. The second-order valence-electron chi connectivity index (χ2n) is 9.22. The number of carboxylic acid groups (broad SMARTS) is 1. The van der Waals surface area contributed by atoms with Gasteiger partial charge in [0.05, 0.1) is 11.6 Å². The summed E-state index contributed by atoms with van der Waals surface area (Å²) in [5.41, 5.74) is 2.22. The number of piperidine rings is 1. The highest BCUT2D eigenvalue weighted by Crippen LogP contribution is 2.56. The average molecular weight is 564 g/mol. The van der Waals surface area contributed by atoms with Crippen LogP contribution in [0.25, 0.3) is 0 Å². The summed E-state index contributed by atoms with van der Waals surface area (Å²) in [5, 5.41) is 23.0. The Balaban J connectivity index is 1.70. The molecule has 0 aromatic heterocycles. The molecule has 2 aliphatic heterocycles. The monoisotopic (exact) mass is 564 g/mol. The smallest absolute Gasteiger partial charge is 0.335 e. The molecule has 1 amide bonds. The molecule has 1 spiro atoms. The van der Waals surface area contributed by atoms with Crippen LogP contribution in [-0.4, -0.2) is 59.3 Å². The van der Waals surface area contributed by atoms with Crippen LogP contribution >= 0.6 is 22.6 Å². The molecule has 8 heteroatoms. The molecule has 0 radical (unpaired) electrons. The molecular formula is C25H29IN2O5. The number of hydrogen-bond acceptors (Lipinski definition) is 5. The number of ether oxygens (including phenoxy) is 1. The van der Waals surface area contributed by atoms with E-state index in [2.05, 4.69) is 46.8 Å². The highest BCUT2D eigenvalue weighted by molar-refractivity contribution is 14.1. The third-order valence-corrected chi connectivity index (χ3v) is 7.96. The molecule has 4 atom stereocenters. The number of phenolic OH excluding ortho intramolecular Hbond substituents is 1. The topological polar surface area (TPSA) is 99.1 Å². The van der Waals surface area contributed by atoms with E-state index in [4.69, 9.17) is 4.74 Å². The zero-order chi connectivity index (χ0) is 23.9. The Bertz CT molecular complexity index is 1090. The molecular weight excluding hydrogens is 535 g/mol. The van der Waals surface area contributed by atoms with Crippen molar-refractivity contribution in [1.29, 1.82) is 0 Å². The number of rotatable bonds is 5. The minimum absolute atomic E-state index is 0.0665. The van der Waals surface area contributed by atoms with Crippen LogP contribution in [0.2, 0.25) is 0 Å². The SMILES string of the molecule is CC(NC(=O)c1cccc(C(=O)O)c1)C1Oc2c(O)ccc(CI)c2C12CCN(C)CC2C. The van der Waals surface area contributed by atoms with E-state index in [1.54, 1.807) is 18.2 Å². The van der Waals surface area contributed by atoms with Gasteiger partial charge in [-0.05, 0) is 62.7 Å². The van der Waals surface area contributed by atoms with Gasteiger partial charge in [0, 0.05) is 27.5 Å². The fourth-order valence-corrected chi connectivity index (χ4v) is 6.21. The van der Waals surface area contributed by atoms with Crippen molar-refractivity contribution in [3.05, 3.63) is 58.7 Å². The number of aromatic hydroxyl groups is 1. The van der Waals surface area contributed by atoms with E-state index in [9.17, 15) is 19.8 Å². The van der Waals surface area contributed by atoms with Gasteiger partial charge in [-0.2, -0.15) is 0 Å². The Labute approximate surface area is 207 Å². The van der Waals surface area contributed by atoms with Crippen molar-refractivity contribution < 1.29 is 24.5 Å². The maximum atomic E-state index is 13.0. The van der Waals surface area contributed by atoms with Crippen molar-refractivity contribution >= 4 is 34.5 Å². The van der Waals surface area contributed by atoms with E-state index in [1.165, 1.54) is 12.1 Å². The van der Waals surface area contributed by atoms with E-state index in [0.29, 0.717) is 11.3 Å². The normalized spacial score (nSPS) is 25.3. The Hall–Kier alpha value is -2.33. The number of carboxylic acids is 1. The number of benzene rings is 2. The molecule has 33 heavy (non-hydrogen) atoms. The fraction of sp³-hybridized carbons (Fsp3) is 0.440. The van der Waals surface area contributed by atoms with Crippen LogP contribution in [0.1, 0.15) is 52.1 Å². The summed E-state index contributed by atoms with van der Waals surface area (Å²) < 4.78 is 7.25. The van der Waals surface area contributed by atoms with Gasteiger partial charge in [-0.25, -0.2) is 4.79 Å². The molecule has 0 saturated carbocycles. The van der Waals surface area contributed by atoms with Gasteiger partial charge in [-0.1, -0.05) is 41.6 Å². The lowest BCUT2D eigenvalue weighted by atomic mass is 9.62. The molecule has 176 valence electrons. The van der Waals surface area contributed by atoms with Crippen LogP contribution in [0.3, 0.4) is 0 Å². The summed E-state index contributed by atoms with van der Waals surface area (Å²) in [7, 11) is 2.11. The summed E-state index contributed by atoms with van der Waals surface area (Å²) >= 11 is 2.34. The third kappa shape index (κ3) is 4.07. The van der Waals surface area contributed by atoms with Crippen LogP contribution in [-0.2, 0) is 9.84 Å². The Morgan fingerprint density at radius 1 is 1.30 bits per heavy atom. The predicted octanol–water partition coefficient (Wildman–Crippen LogP) is 3.81. The Kier molecular flexibility index (Phi) is 6.59. The van der Waals surface area contributed by atoms with Crippen molar-refractivity contribution in [2.75, 3.05) is 20.1 Å². The second-order valence-corrected chi connectivity index (χ2v) is 9.98. The summed E-state index contributed by atoms with van der Waals surface area (Å²) in [6.07, 6.45) is 0.488. The molecule has 2 aliphatic rings. The van der Waals surface area contributed by atoms with E-state index < -0.39 is 5.97 Å². The van der Waals surface area contributed by atoms with E-state index >= 15 is 0 Å². The fourth-order valence-electron chi connectivity index (χ4n) is 5.57. The maximum absolute atomic E-state index is 13.0. The first kappa shape index (κ1) is 23.8. The number of hydrogen-bond donors (Lipinski definition) is 3. The lowest BCUT2D eigenvalue weighted by molar-refractivity contribution is 0.0235. The van der Waals surface area contributed by atoms with Crippen molar-refractivity contribution in [1.82, 2.24) is 10.2 Å². The number of nitrogens with one attached hydrogen (secondary N) is 1. The van der Waals surface area contributed by atoms with E-state index in [1.807, 2.05) is 13.0 Å². The standard InChI is InChI=1S/C25H29IN2O5/c1-14-13-28(3)10-9-25(14)20-18(12-26)7-8-19(29)21(20)33-22(25)15(2)27-23(30)16-5-4-6-17(11-16)24(31)32/h4-8,11,14-15,22,29H,9-10,12-13H2,1-3H3,(H,27,30)(H,31,32). The summed E-state index contributed by atoms with van der Waals surface area (Å²) in [4.78, 5) is 26.6. The molecule has 3 N–H and O–H groups in total. The highest BCUT2D eigenvalue weighted by Gasteiger charge is 2.57. The van der Waals surface area contributed by atoms with Crippen molar-refractivity contribution in [3.8, 4) is 11.5 Å². The first-order valence-electron chi connectivity index (χ1n) is 11.1. The molecule has 1 fully saturated rings. The van der Waals surface area contributed by atoms with Gasteiger partial charge in [0.2, 0.25) is 0 Å². The molecule has 0 aliphatic carbocycles. The molecule has 1 saturated heterocycles. The lowest BCUT2D eigenvalue weighted by Crippen LogP contribution is -2.59. The first-order chi connectivity index (χ1) is 15.7. The van der Waals surface area contributed by atoms with Gasteiger partial charge in [0.15, 0.2) is 11.5 Å². The Morgan fingerprint density at radius 2 is 2.03 bits per heavy atom. The van der Waals surface area contributed by atoms with Crippen molar-refractivity contribution in [3.63, 3.8) is 0 Å². The number of likely N-dealkylation sites (tertiary alicyclic amines) is 1. The molecule has 2 heterocycles. The molecule has 0 bridgehead atoms. The highest BCUT2D eigenvalue weighted by atomic mass is 127. The molecule has 2 aromatic carbocycles. The van der Waals surface area contributed by atoms with Gasteiger partial charge in [0.1, 0.15) is 6.10 Å². The van der Waals surface area contributed by atoms with Crippen LogP contribution < -0.4 is 10.1 Å². The number of phenols is 1. The van der Waals surface area contributed by atoms with Crippen molar-refractivity contribution in [2.45, 2.75) is 42.3 Å². The maximum Gasteiger partial charge on any atom is 0.335 e. The summed E-state index contributed by atoms with van der Waals surface area (Å²) in [6, 6.07) is 9.29. The van der Waals surface area contributed by atoms with Gasteiger partial charge >= 0.3 is 5.97 Å². The first-order valence-corrected chi connectivity index (χ1v) is 12.6. The number of fused-ring (bicyclic) bond motifs is 2. The molecule has 4 rings (SSSR count). The van der Waals surface area contributed by atoms with Gasteiger partial charge in [-0.3, -0.25) is 4.79 Å². The largest absolute Gasteiger partial charge is 0.504 e. The van der Waals surface area contributed by atoms with E-state index in [-0.39, 0.29) is 40.7 Å². The second kappa shape index (κ2) is 9.13. The third-order valence-electron chi connectivity index (χ3n) is 7.14. The van der Waals surface area contributed by atoms with Crippen LogP contribution in [0.4, 0.5) is 0 Å². The van der Waals surface area contributed by atoms with Gasteiger partial charge in [-0.15, -0.1) is 0 Å². The number of nitrogens with zero attached hydrogens (tertiary/aromatic N) is 1. The quantitative estimate of drug-likeness (QED) is 0.378. The number of halogens is 1. The van der Waals surface area contributed by atoms with Gasteiger partial charge in [0.25, 0.3) is 5.91 Å². The Morgan fingerprint density at radius 3 is 2.70 bits per heavy atom. The number of aromatic carboxylic acids is 1. The zero-order valence-electron chi connectivity index (χ0n) is 19.0. The van der Waals surface area contributed by atoms with Gasteiger partial charge < -0.3 is 25.2 Å². The number of carbonyl (C=O) groups is 2. The molecule has 2 aromatic rings. The number of alkyl halides is 1. The minimum Gasteiger partial charge on any atom is -0.504 e. The van der Waals surface area contributed by atoms with Crippen LogP contribution in [0.15, 0.2) is 36.4 Å². The average Bonchev–Trinajstić information content (AvgIpc) is 3.14. The number of amides is 1. The van der Waals surface area contributed by atoms with Crippen LogP contribution in [0.5, 0.6) is 11.5 Å². The zero-order valence-corrected chi connectivity index (χ0v) is 21.1.